The molecular formula is C52H57N5O7. The van der Waals surface area contributed by atoms with Crippen molar-refractivity contribution in [1.29, 1.82) is 0 Å². The summed E-state index contributed by atoms with van der Waals surface area (Å²) in [5, 5.41) is 27.8. The number of carbonyl (C=O) groups is 3. The number of ether oxygens (including phenoxy) is 1. The van der Waals surface area contributed by atoms with Crippen LogP contribution in [0.15, 0.2) is 132 Å². The van der Waals surface area contributed by atoms with Gasteiger partial charge in [-0.2, -0.15) is 0 Å². The number of fused-ring (bicyclic) bond motifs is 1. The Hall–Kier alpha value is -6.76. The van der Waals surface area contributed by atoms with E-state index in [0.29, 0.717) is 60.9 Å². The monoisotopic (exact) mass is 863 g/mol. The molecule has 0 spiro atoms. The lowest BCUT2D eigenvalue weighted by atomic mass is 9.92. The van der Waals surface area contributed by atoms with Gasteiger partial charge in [0.15, 0.2) is 0 Å². The minimum absolute atomic E-state index is 0.00285. The summed E-state index contributed by atoms with van der Waals surface area (Å²) in [6.07, 6.45) is 2.66. The van der Waals surface area contributed by atoms with E-state index in [4.69, 9.17) is 4.74 Å². The number of anilines is 2. The van der Waals surface area contributed by atoms with Gasteiger partial charge in [-0.1, -0.05) is 97.9 Å². The van der Waals surface area contributed by atoms with Crippen molar-refractivity contribution in [2.45, 2.75) is 70.6 Å². The molecule has 0 radical (unpaired) electrons. The summed E-state index contributed by atoms with van der Waals surface area (Å²) in [7, 11) is 1.77. The van der Waals surface area contributed by atoms with Crippen molar-refractivity contribution >= 4 is 40.2 Å². The molecule has 0 aliphatic carbocycles. The molecule has 64 heavy (non-hydrogen) atoms. The first kappa shape index (κ1) is 45.3. The number of aliphatic hydroxyl groups is 1. The molecule has 5 N–H and O–H groups in total. The zero-order valence-electron chi connectivity index (χ0n) is 36.5. The number of amides is 3. The number of rotatable bonds is 17. The Morgan fingerprint density at radius 2 is 1.58 bits per heavy atom. The number of pyridine rings is 1. The van der Waals surface area contributed by atoms with E-state index >= 15 is 0 Å². The number of phenolic OH excluding ortho intramolecular Hbond substituents is 1. The van der Waals surface area contributed by atoms with Gasteiger partial charge in [-0.15, -0.1) is 0 Å². The first-order valence-corrected chi connectivity index (χ1v) is 22.1. The van der Waals surface area contributed by atoms with Crippen molar-refractivity contribution in [3.05, 3.63) is 160 Å². The highest BCUT2D eigenvalue weighted by Crippen LogP contribution is 2.32. The van der Waals surface area contributed by atoms with Crippen LogP contribution in [0.3, 0.4) is 0 Å². The molecule has 7 rings (SSSR count). The quantitative estimate of drug-likeness (QED) is 0.0609. The molecular weight excluding hydrogens is 807 g/mol. The highest BCUT2D eigenvalue weighted by molar-refractivity contribution is 5.93. The Labute approximate surface area is 373 Å². The van der Waals surface area contributed by atoms with E-state index in [9.17, 15) is 29.4 Å². The van der Waals surface area contributed by atoms with Crippen LogP contribution in [0.25, 0.3) is 22.0 Å². The predicted octanol–water partition coefficient (Wildman–Crippen LogP) is 8.52. The number of phenols is 1. The van der Waals surface area contributed by atoms with Crippen molar-refractivity contribution in [3.63, 3.8) is 0 Å². The summed E-state index contributed by atoms with van der Waals surface area (Å²) in [5.41, 5.74) is 7.07. The number of carbonyl (C=O) groups excluding carboxylic acids is 3. The van der Waals surface area contributed by atoms with E-state index in [1.807, 2.05) is 91.0 Å². The number of likely N-dealkylation sites (tertiary alicyclic amines) is 1. The van der Waals surface area contributed by atoms with Crippen LogP contribution < -0.4 is 21.1 Å². The Kier molecular flexibility index (Phi) is 15.2. The first-order chi connectivity index (χ1) is 31.0. The summed E-state index contributed by atoms with van der Waals surface area (Å²) in [6.45, 7) is 4.62. The molecule has 6 aromatic rings. The van der Waals surface area contributed by atoms with E-state index in [-0.39, 0.29) is 41.6 Å². The van der Waals surface area contributed by atoms with Crippen molar-refractivity contribution in [2.24, 2.45) is 5.92 Å². The van der Waals surface area contributed by atoms with Gasteiger partial charge in [0, 0.05) is 62.4 Å². The van der Waals surface area contributed by atoms with Gasteiger partial charge in [-0.05, 0) is 96.2 Å². The van der Waals surface area contributed by atoms with Crippen LogP contribution in [-0.4, -0.2) is 70.8 Å². The highest BCUT2D eigenvalue weighted by Gasteiger charge is 2.24. The second-order valence-electron chi connectivity index (χ2n) is 16.8. The average molecular weight is 864 g/mol. The molecule has 5 aromatic carbocycles. The van der Waals surface area contributed by atoms with Gasteiger partial charge in [-0.3, -0.25) is 19.7 Å². The number of benzene rings is 5. The van der Waals surface area contributed by atoms with E-state index in [2.05, 4.69) is 39.6 Å². The molecule has 332 valence electrons. The van der Waals surface area contributed by atoms with Crippen LogP contribution in [0.1, 0.15) is 67.4 Å². The fraction of sp³-hybridized carbons (Fsp3) is 0.308. The lowest BCUT2D eigenvalue weighted by Crippen LogP contribution is -2.40. The van der Waals surface area contributed by atoms with Gasteiger partial charge in [-0.25, -0.2) is 4.79 Å². The molecule has 1 aliphatic heterocycles. The molecule has 2 atom stereocenters. The molecule has 12 heteroatoms. The highest BCUT2D eigenvalue weighted by atomic mass is 16.6. The molecule has 0 unspecified atom stereocenters. The van der Waals surface area contributed by atoms with Crippen molar-refractivity contribution < 1.29 is 29.3 Å². The Balaban J connectivity index is 0.790. The van der Waals surface area contributed by atoms with Gasteiger partial charge in [0.2, 0.25) is 17.4 Å². The number of piperidine rings is 1. The minimum atomic E-state index is -0.746. The average Bonchev–Trinajstić information content (AvgIpc) is 3.30. The smallest absolute Gasteiger partial charge is 0.411 e. The van der Waals surface area contributed by atoms with Gasteiger partial charge in [0.05, 0.1) is 23.7 Å². The molecule has 12 nitrogen and oxygen atoms in total. The maximum absolute atomic E-state index is 13.2. The molecule has 2 heterocycles. The van der Waals surface area contributed by atoms with Gasteiger partial charge < -0.3 is 35.1 Å². The normalized spacial score (nSPS) is 14.1. The number of nitrogens with one attached hydrogen (secondary N) is 3. The Morgan fingerprint density at radius 3 is 2.36 bits per heavy atom. The largest absolute Gasteiger partial charge is 0.506 e. The molecule has 1 saturated heterocycles. The summed E-state index contributed by atoms with van der Waals surface area (Å²) in [4.78, 5) is 57.2. The third-order valence-corrected chi connectivity index (χ3v) is 12.0. The second kappa shape index (κ2) is 21.5. The van der Waals surface area contributed by atoms with Gasteiger partial charge >= 0.3 is 6.09 Å². The van der Waals surface area contributed by atoms with Crippen LogP contribution in [0.2, 0.25) is 0 Å². The lowest BCUT2D eigenvalue weighted by molar-refractivity contribution is -0.120. The number of aromatic hydroxyl groups is 1. The molecule has 1 aromatic heterocycles. The third kappa shape index (κ3) is 12.2. The number of aromatic nitrogens is 1. The van der Waals surface area contributed by atoms with Crippen LogP contribution in [0, 0.1) is 5.92 Å². The molecule has 1 aliphatic rings. The number of nitrogens with zero attached hydrogens (tertiary/aromatic N) is 2. The number of hydrogen-bond acceptors (Lipinski definition) is 8. The summed E-state index contributed by atoms with van der Waals surface area (Å²) in [5.74, 6) is 0.147. The van der Waals surface area contributed by atoms with Gasteiger partial charge in [0.25, 0.3) is 0 Å². The minimum Gasteiger partial charge on any atom is -0.506 e. The number of aromatic amines is 1. The molecule has 0 saturated carbocycles. The number of para-hydroxylation sites is 1. The third-order valence-electron chi connectivity index (χ3n) is 12.0. The van der Waals surface area contributed by atoms with Crippen molar-refractivity contribution in [2.75, 3.05) is 36.9 Å². The summed E-state index contributed by atoms with van der Waals surface area (Å²) >= 11 is 0. The maximum atomic E-state index is 13.2. The summed E-state index contributed by atoms with van der Waals surface area (Å²) < 4.78 is 5.78. The fourth-order valence-corrected chi connectivity index (χ4v) is 8.37. The maximum Gasteiger partial charge on any atom is 0.411 e. The number of hydrogen-bond donors (Lipinski definition) is 5. The zero-order chi connectivity index (χ0) is 45.0. The Bertz CT molecular complexity index is 2590. The van der Waals surface area contributed by atoms with Crippen molar-refractivity contribution in [3.8, 4) is 16.9 Å². The SMILES string of the molecule is C[C@@H](CC[C@H](O)c1ccc(O)c2[nH]c(=O)ccc12)Cc1cccc(CNC(=O)Cc2ccc(N(C)C(=O)CCN3CCC(OC(=O)Nc4ccccc4-c4ccccc4)CC3)cc2)c1. The molecule has 1 fully saturated rings. The first-order valence-electron chi connectivity index (χ1n) is 22.1. The predicted molar refractivity (Wildman–Crippen MR) is 251 cm³/mol. The molecule has 0 bridgehead atoms. The van der Waals surface area contributed by atoms with Crippen molar-refractivity contribution in [1.82, 2.24) is 15.2 Å². The molecule has 3 amide bonds. The zero-order valence-corrected chi connectivity index (χ0v) is 36.5. The van der Waals surface area contributed by atoms with E-state index < -0.39 is 12.2 Å². The van der Waals surface area contributed by atoms with Crippen LogP contribution in [-0.2, 0) is 33.7 Å². The Morgan fingerprint density at radius 1 is 0.844 bits per heavy atom. The summed E-state index contributed by atoms with van der Waals surface area (Å²) in [6, 6.07) is 39.4. The second-order valence-corrected chi connectivity index (χ2v) is 16.8. The van der Waals surface area contributed by atoms with Crippen LogP contribution >= 0.6 is 0 Å². The van der Waals surface area contributed by atoms with E-state index in [0.717, 1.165) is 59.4 Å². The topological polar surface area (TPSA) is 164 Å². The van der Waals surface area contributed by atoms with Gasteiger partial charge in [0.1, 0.15) is 11.9 Å². The van der Waals surface area contributed by atoms with E-state index in [1.165, 1.54) is 12.1 Å². The van der Waals surface area contributed by atoms with E-state index in [1.54, 1.807) is 24.1 Å². The number of H-pyrrole nitrogens is 1. The standard InChI is InChI=1S/C52H57N5O7/c1-35(15-22-46(58)43-20-23-47(59)51-44(43)21-24-48(60)55-51)31-37-9-8-10-38(32-37)34-53-49(61)33-36-16-18-40(19-17-36)56(2)50(62)27-30-57-28-25-41(26-29-57)64-52(63)54-45-14-7-6-13-42(45)39-11-4-3-5-12-39/h3-14,16-21,23-24,32,35,41,46,58-59H,15,22,25-31,33-34H2,1-2H3,(H,53,61)(H,54,63)(H,55,60)/t35-,46-/m0/s1. The van der Waals surface area contributed by atoms with Crippen LogP contribution in [0.4, 0.5) is 16.2 Å². The fourth-order valence-electron chi connectivity index (χ4n) is 8.37. The van der Waals surface area contributed by atoms with Crippen LogP contribution in [0.5, 0.6) is 5.75 Å². The number of aliphatic hydroxyl groups excluding tert-OH is 1. The lowest BCUT2D eigenvalue weighted by Gasteiger charge is -2.31.